The Morgan fingerprint density at radius 2 is 1.82 bits per heavy atom. The number of hydrogen-bond donors (Lipinski definition) is 1. The molecule has 0 saturated carbocycles. The molecule has 0 aliphatic heterocycles. The number of amides is 2. The Bertz CT molecular complexity index is 1330. The lowest BCUT2D eigenvalue weighted by Gasteiger charge is -2.26. The summed E-state index contributed by atoms with van der Waals surface area (Å²) in [5.41, 5.74) is -0.145. The molecule has 0 radical (unpaired) electrons. The van der Waals surface area contributed by atoms with Gasteiger partial charge in [-0.15, -0.1) is 5.10 Å². The van der Waals surface area contributed by atoms with Gasteiger partial charge in [0.25, 0.3) is 0 Å². The number of halogens is 3. The van der Waals surface area contributed by atoms with Crippen molar-refractivity contribution in [1.29, 1.82) is 0 Å². The van der Waals surface area contributed by atoms with Gasteiger partial charge in [-0.1, -0.05) is 11.6 Å². The minimum absolute atomic E-state index is 0.00656. The van der Waals surface area contributed by atoms with E-state index in [2.05, 4.69) is 15.4 Å². The number of ether oxygens (including phenoxy) is 2. The zero-order chi connectivity index (χ0) is 29.3. The molecule has 0 spiro atoms. The molecule has 3 rings (SSSR count). The number of fused-ring (bicyclic) bond motifs is 1. The van der Waals surface area contributed by atoms with Gasteiger partial charge in [0, 0.05) is 0 Å². The number of carbonyl (C=O) groups is 2. The second-order valence-corrected chi connectivity index (χ2v) is 11.8. The number of carbonyl (C=O) groups excluding carboxylic acids is 2. The van der Waals surface area contributed by atoms with Gasteiger partial charge in [0.15, 0.2) is 5.82 Å². The largest absolute Gasteiger partial charge is 0.467 e. The first kappa shape index (κ1) is 30.5. The molecule has 214 valence electrons. The highest BCUT2D eigenvalue weighted by Gasteiger charge is 2.32. The topological polar surface area (TPSA) is 111 Å². The van der Waals surface area contributed by atoms with Gasteiger partial charge < -0.3 is 19.2 Å². The Labute approximate surface area is 236 Å². The third-order valence-corrected chi connectivity index (χ3v) is 6.04. The van der Waals surface area contributed by atoms with Crippen molar-refractivity contribution in [2.45, 2.75) is 91.8 Å². The van der Waals surface area contributed by atoms with E-state index in [1.807, 2.05) is 0 Å². The highest BCUT2D eigenvalue weighted by atomic mass is 35.5. The van der Waals surface area contributed by atoms with Crippen molar-refractivity contribution in [2.24, 2.45) is 0 Å². The van der Waals surface area contributed by atoms with Crippen molar-refractivity contribution in [1.82, 2.24) is 19.9 Å². The summed E-state index contributed by atoms with van der Waals surface area (Å²) in [5, 5.41) is 6.75. The van der Waals surface area contributed by atoms with Gasteiger partial charge in [-0.25, -0.2) is 18.5 Å². The van der Waals surface area contributed by atoms with E-state index < -0.39 is 35.6 Å². The van der Waals surface area contributed by atoms with Crippen molar-refractivity contribution < 1.29 is 27.9 Å². The minimum atomic E-state index is -1.44. The molecule has 0 unspecified atom stereocenters. The molecule has 1 N–H and O–H groups in total. The van der Waals surface area contributed by atoms with Gasteiger partial charge in [-0.05, 0) is 96.7 Å². The van der Waals surface area contributed by atoms with Gasteiger partial charge in [-0.3, -0.25) is 4.90 Å². The van der Waals surface area contributed by atoms with Crippen LogP contribution >= 0.6 is 23.2 Å². The number of hydrogen-bond acceptors (Lipinski definition) is 7. The van der Waals surface area contributed by atoms with Gasteiger partial charge in [0.1, 0.15) is 33.8 Å². The number of aryl methyl sites for hydroxylation is 1. The molecule has 2 atom stereocenters. The quantitative estimate of drug-likeness (QED) is 0.329. The molecule has 3 heterocycles. The molecule has 0 saturated heterocycles. The van der Waals surface area contributed by atoms with Gasteiger partial charge >= 0.3 is 12.2 Å². The predicted molar refractivity (Wildman–Crippen MR) is 146 cm³/mol. The van der Waals surface area contributed by atoms with Crippen molar-refractivity contribution in [3.8, 4) is 0 Å². The standard InChI is InChI=1S/C26H34Cl2FN5O5/c1-14-17(12-18(15(2)29)30-23(35)38-25(3,4)5)20(27)34-19(14)21(31-22(28)32-34)33(13-16-10-9-11-37-16)24(36)39-26(6,7)8/h9-11,15,18H,12-13H2,1-8H3,(H,30,35)/t15-,18+/m0/s1. The average Bonchev–Trinajstić information content (AvgIpc) is 3.36. The van der Waals surface area contributed by atoms with Crippen LogP contribution in [-0.4, -0.2) is 50.2 Å². The molecule has 3 aromatic rings. The van der Waals surface area contributed by atoms with Gasteiger partial charge in [-0.2, -0.15) is 4.98 Å². The van der Waals surface area contributed by atoms with Crippen molar-refractivity contribution in [2.75, 3.05) is 4.90 Å². The number of rotatable bonds is 7. The number of alkyl halides is 1. The van der Waals surface area contributed by atoms with Crippen LogP contribution in [0.1, 0.15) is 65.4 Å². The van der Waals surface area contributed by atoms with E-state index in [0.29, 0.717) is 22.4 Å². The number of nitrogens with one attached hydrogen (secondary N) is 1. The summed E-state index contributed by atoms with van der Waals surface area (Å²) in [6, 6.07) is 2.43. The first-order valence-electron chi connectivity index (χ1n) is 12.4. The summed E-state index contributed by atoms with van der Waals surface area (Å²) in [4.78, 5) is 31.4. The minimum Gasteiger partial charge on any atom is -0.467 e. The Hall–Kier alpha value is -3.05. The zero-order valence-electron chi connectivity index (χ0n) is 23.3. The van der Waals surface area contributed by atoms with E-state index in [4.69, 9.17) is 37.1 Å². The average molecular weight is 586 g/mol. The summed E-state index contributed by atoms with van der Waals surface area (Å²) < 4.78 is 32.4. The van der Waals surface area contributed by atoms with E-state index in [1.54, 1.807) is 60.6 Å². The third-order valence-electron chi connectivity index (χ3n) is 5.49. The van der Waals surface area contributed by atoms with Crippen LogP contribution in [0.2, 0.25) is 10.4 Å². The predicted octanol–water partition coefficient (Wildman–Crippen LogP) is 6.67. The van der Waals surface area contributed by atoms with Crippen LogP contribution in [0.4, 0.5) is 19.8 Å². The fourth-order valence-electron chi connectivity index (χ4n) is 3.82. The van der Waals surface area contributed by atoms with E-state index >= 15 is 0 Å². The Kier molecular flexibility index (Phi) is 9.06. The van der Waals surface area contributed by atoms with E-state index in [9.17, 15) is 14.0 Å². The summed E-state index contributed by atoms with van der Waals surface area (Å²) in [5.74, 6) is 0.591. The molecule has 0 aromatic carbocycles. The number of aromatic nitrogens is 3. The molecular weight excluding hydrogens is 552 g/mol. The monoisotopic (exact) mass is 585 g/mol. The van der Waals surface area contributed by atoms with E-state index in [1.165, 1.54) is 22.6 Å². The second-order valence-electron chi connectivity index (χ2n) is 11.1. The van der Waals surface area contributed by atoms with Crippen LogP contribution in [0.3, 0.4) is 0 Å². The Morgan fingerprint density at radius 3 is 2.36 bits per heavy atom. The third kappa shape index (κ3) is 7.76. The van der Waals surface area contributed by atoms with Crippen molar-refractivity contribution in [3.63, 3.8) is 0 Å². The highest BCUT2D eigenvalue weighted by Crippen LogP contribution is 2.35. The smallest absolute Gasteiger partial charge is 0.416 e. The molecule has 0 bridgehead atoms. The maximum Gasteiger partial charge on any atom is 0.416 e. The van der Waals surface area contributed by atoms with Crippen LogP contribution < -0.4 is 10.2 Å². The number of alkyl carbamates (subject to hydrolysis) is 1. The lowest BCUT2D eigenvalue weighted by Crippen LogP contribution is -2.44. The SMILES string of the molecule is Cc1c(C[C@@H](NC(=O)OC(C)(C)C)[C@H](C)F)c(Cl)n2nc(Cl)nc(N(Cc3ccco3)C(=O)OC(C)(C)C)c12. The number of furan rings is 1. The highest BCUT2D eigenvalue weighted by molar-refractivity contribution is 6.31. The normalized spacial score (nSPS) is 13.7. The van der Waals surface area contributed by atoms with Crippen LogP contribution in [0.25, 0.3) is 5.52 Å². The van der Waals surface area contributed by atoms with Crippen molar-refractivity contribution >= 4 is 46.7 Å². The van der Waals surface area contributed by atoms with Crippen LogP contribution in [0.5, 0.6) is 0 Å². The van der Waals surface area contributed by atoms with Crippen molar-refractivity contribution in [3.05, 3.63) is 45.7 Å². The van der Waals surface area contributed by atoms with Crippen LogP contribution in [0.15, 0.2) is 22.8 Å². The van der Waals surface area contributed by atoms with Gasteiger partial charge in [0.2, 0.25) is 5.28 Å². The number of anilines is 1. The molecule has 39 heavy (non-hydrogen) atoms. The molecule has 0 aliphatic rings. The fourth-order valence-corrected chi connectivity index (χ4v) is 4.31. The maximum absolute atomic E-state index is 14.7. The van der Waals surface area contributed by atoms with E-state index in [0.717, 1.165) is 0 Å². The van der Waals surface area contributed by atoms with Crippen LogP contribution in [-0.2, 0) is 22.4 Å². The summed E-state index contributed by atoms with van der Waals surface area (Å²) >= 11 is 13.0. The summed E-state index contributed by atoms with van der Waals surface area (Å²) in [6.07, 6.45) is -1.41. The molecular formula is C26H34Cl2FN5O5. The summed E-state index contributed by atoms with van der Waals surface area (Å²) in [6.45, 7) is 13.4. The van der Waals surface area contributed by atoms with Crippen LogP contribution in [0, 0.1) is 6.92 Å². The summed E-state index contributed by atoms with van der Waals surface area (Å²) in [7, 11) is 0. The van der Waals surface area contributed by atoms with E-state index in [-0.39, 0.29) is 29.2 Å². The second kappa shape index (κ2) is 11.6. The molecule has 13 heteroatoms. The molecule has 2 amide bonds. The fraction of sp³-hybridized carbons (Fsp3) is 0.538. The first-order chi connectivity index (χ1) is 18.0. The molecule has 0 aliphatic carbocycles. The lowest BCUT2D eigenvalue weighted by atomic mass is 10.0. The zero-order valence-corrected chi connectivity index (χ0v) is 24.8. The molecule has 10 nitrogen and oxygen atoms in total. The maximum atomic E-state index is 14.7. The molecule has 3 aromatic heterocycles. The Morgan fingerprint density at radius 1 is 1.18 bits per heavy atom. The Balaban J connectivity index is 2.10. The lowest BCUT2D eigenvalue weighted by molar-refractivity contribution is 0.0476. The van der Waals surface area contributed by atoms with Gasteiger partial charge in [0.05, 0.1) is 18.8 Å². The number of nitrogens with zero attached hydrogens (tertiary/aromatic N) is 4. The first-order valence-corrected chi connectivity index (χ1v) is 13.1. The molecule has 0 fully saturated rings.